The van der Waals surface area contributed by atoms with E-state index in [1.165, 1.54) is 6.07 Å². The van der Waals surface area contributed by atoms with E-state index in [0.29, 0.717) is 20.3 Å². The number of allylic oxidation sites excluding steroid dienone is 1. The molecule has 0 bridgehead atoms. The van der Waals surface area contributed by atoms with Crippen LogP contribution in [0.2, 0.25) is 0 Å². The minimum Gasteiger partial charge on any atom is -0.369 e. The third kappa shape index (κ3) is 3.36. The number of amides is 1. The molecule has 2 unspecified atom stereocenters. The molecule has 1 saturated heterocycles. The fraction of sp³-hybridized carbons (Fsp3) is 0.364. The van der Waals surface area contributed by atoms with Gasteiger partial charge in [0.05, 0.1) is 17.2 Å². The summed E-state index contributed by atoms with van der Waals surface area (Å²) in [4.78, 5) is 23.6. The van der Waals surface area contributed by atoms with Gasteiger partial charge in [0.25, 0.3) is 5.91 Å². The number of carbonyl (C=O) groups excluding carboxylic acids is 1. The highest BCUT2D eigenvalue weighted by atomic mass is 31.1. The van der Waals surface area contributed by atoms with E-state index in [9.17, 15) is 9.18 Å². The maximum absolute atomic E-state index is 14.5. The highest BCUT2D eigenvalue weighted by molar-refractivity contribution is 7.51. The van der Waals surface area contributed by atoms with Gasteiger partial charge in [-0.1, -0.05) is 14.7 Å². The molecule has 0 radical (unpaired) electrons. The third-order valence-corrected chi connectivity index (χ3v) is 7.55. The first-order valence-electron chi connectivity index (χ1n) is 10.2. The topological polar surface area (TPSA) is 44.1 Å². The number of halogens is 1. The number of hydrogen-bond donors (Lipinski definition) is 0. The van der Waals surface area contributed by atoms with Crippen molar-refractivity contribution in [3.8, 4) is 0 Å². The van der Waals surface area contributed by atoms with Crippen LogP contribution in [0.25, 0.3) is 11.0 Å². The zero-order valence-corrected chi connectivity index (χ0v) is 18.3. The molecular weight excluding hydrogens is 400 g/mol. The van der Waals surface area contributed by atoms with E-state index in [2.05, 4.69) is 41.0 Å². The Morgan fingerprint density at radius 3 is 2.90 bits per heavy atom. The molecule has 0 aromatic carbocycles. The Hall–Kier alpha value is -2.50. The normalized spacial score (nSPS) is 24.8. The van der Waals surface area contributed by atoms with Crippen LogP contribution in [0.1, 0.15) is 17.7 Å². The largest absolute Gasteiger partial charge is 0.369 e. The lowest BCUT2D eigenvalue weighted by molar-refractivity contribution is -0.123. The summed E-state index contributed by atoms with van der Waals surface area (Å²) in [6, 6.07) is 2.03. The van der Waals surface area contributed by atoms with Crippen LogP contribution in [0.3, 0.4) is 0 Å². The summed E-state index contributed by atoms with van der Waals surface area (Å²) < 4.78 is 16.2. The third-order valence-electron chi connectivity index (χ3n) is 6.04. The average molecular weight is 425 g/mol. The van der Waals surface area contributed by atoms with E-state index in [1.54, 1.807) is 16.7 Å². The van der Waals surface area contributed by atoms with Crippen molar-refractivity contribution in [1.82, 2.24) is 24.1 Å². The zero-order valence-electron chi connectivity index (χ0n) is 17.3. The van der Waals surface area contributed by atoms with Crippen LogP contribution in [0, 0.1) is 12.7 Å². The Kier molecular flexibility index (Phi) is 4.75. The molecule has 2 aromatic heterocycles. The van der Waals surface area contributed by atoms with Crippen LogP contribution in [0.4, 0.5) is 4.39 Å². The number of pyridine rings is 1. The van der Waals surface area contributed by atoms with E-state index in [4.69, 9.17) is 0 Å². The molecule has 3 atom stereocenters. The molecule has 5 heterocycles. The number of nitrogens with zero attached hydrogens (tertiary/aromatic N) is 5. The highest BCUT2D eigenvalue weighted by Crippen LogP contribution is 2.45. The molecule has 30 heavy (non-hydrogen) atoms. The fourth-order valence-corrected chi connectivity index (χ4v) is 5.71. The summed E-state index contributed by atoms with van der Waals surface area (Å²) >= 11 is 0. The Balaban J connectivity index is 1.40. The number of rotatable bonds is 3. The lowest BCUT2D eigenvalue weighted by Crippen LogP contribution is -2.38. The number of imidazole rings is 1. The second-order valence-electron chi connectivity index (χ2n) is 8.35. The van der Waals surface area contributed by atoms with Crippen molar-refractivity contribution < 1.29 is 9.18 Å². The number of aryl methyl sites for hydroxylation is 1. The van der Waals surface area contributed by atoms with Gasteiger partial charge in [0.15, 0.2) is 11.5 Å². The monoisotopic (exact) mass is 425 g/mol. The quantitative estimate of drug-likeness (QED) is 0.710. The predicted molar refractivity (Wildman–Crippen MR) is 118 cm³/mol. The minimum atomic E-state index is -0.368. The van der Waals surface area contributed by atoms with E-state index in [0.717, 1.165) is 41.8 Å². The second-order valence-corrected chi connectivity index (χ2v) is 9.77. The van der Waals surface area contributed by atoms with Crippen molar-refractivity contribution in [2.75, 3.05) is 27.2 Å². The average Bonchev–Trinajstić information content (AvgIpc) is 3.34. The molecule has 3 aliphatic heterocycles. The molecule has 1 fully saturated rings. The van der Waals surface area contributed by atoms with Crippen LogP contribution in [0.15, 0.2) is 48.6 Å². The minimum absolute atomic E-state index is 0.0169. The van der Waals surface area contributed by atoms with E-state index in [-0.39, 0.29) is 17.5 Å². The summed E-state index contributed by atoms with van der Waals surface area (Å²) in [6.07, 6.45) is 12.7. The molecule has 2 aromatic rings. The summed E-state index contributed by atoms with van der Waals surface area (Å²) in [6.45, 7) is 3.81. The van der Waals surface area contributed by atoms with Gasteiger partial charge < -0.3 is 19.1 Å². The molecule has 3 aliphatic rings. The number of fused-ring (bicyclic) bond motifs is 2. The van der Waals surface area contributed by atoms with E-state index in [1.807, 2.05) is 24.2 Å². The molecule has 5 rings (SSSR count). The van der Waals surface area contributed by atoms with Gasteiger partial charge in [-0.05, 0) is 44.9 Å². The van der Waals surface area contributed by atoms with Gasteiger partial charge in [0, 0.05) is 49.4 Å². The number of carbonyl (C=O) groups is 1. The van der Waals surface area contributed by atoms with Crippen molar-refractivity contribution in [3.05, 3.63) is 65.7 Å². The lowest BCUT2D eigenvalue weighted by atomic mass is 10.2. The Morgan fingerprint density at radius 1 is 1.30 bits per heavy atom. The van der Waals surface area contributed by atoms with Crippen molar-refractivity contribution in [1.29, 1.82) is 0 Å². The van der Waals surface area contributed by atoms with Crippen molar-refractivity contribution in [3.63, 3.8) is 0 Å². The summed E-state index contributed by atoms with van der Waals surface area (Å²) in [7, 11) is 4.59. The number of likely N-dealkylation sites (tertiary alicyclic amines) is 1. The number of hydrogen-bond acceptors (Lipinski definition) is 4. The molecule has 6 nitrogen and oxygen atoms in total. The van der Waals surface area contributed by atoms with Crippen molar-refractivity contribution in [2.45, 2.75) is 25.2 Å². The standard InChI is InChI=1S/C22H25FN5OP/c1-14-10-27-11-15(8-18(23)22(27)24-14)19-9-20(29)28-13-17(4-5-21(28)30-19)26-7-6-16(12-26)25(2)3/h4-5,8-11,13,16,21,30H,6-7,12H2,1-3H3/t16-,21?/m1/s1. The van der Waals surface area contributed by atoms with Crippen molar-refractivity contribution >= 4 is 25.4 Å². The molecule has 0 spiro atoms. The van der Waals surface area contributed by atoms with Crippen LogP contribution in [-0.2, 0) is 4.79 Å². The summed E-state index contributed by atoms with van der Waals surface area (Å²) in [5.74, 6) is -0.440. The van der Waals surface area contributed by atoms with Gasteiger partial charge in [-0.25, -0.2) is 9.37 Å². The van der Waals surface area contributed by atoms with Gasteiger partial charge in [0.1, 0.15) is 0 Å². The SMILES string of the molecule is Cc1cn2cc(C3=CC(=O)N4C=C(N5CC[C@@H](N(C)C)C5)C=CC4P3)cc(F)c2n1. The fourth-order valence-electron chi connectivity index (χ4n) is 4.34. The maximum atomic E-state index is 14.5. The van der Waals surface area contributed by atoms with E-state index >= 15 is 0 Å². The summed E-state index contributed by atoms with van der Waals surface area (Å²) in [5, 5.41) is 0.878. The number of likely N-dealkylation sites (N-methyl/N-ethyl adjacent to an activating group) is 1. The van der Waals surface area contributed by atoms with Gasteiger partial charge in [-0.15, -0.1) is 0 Å². The maximum Gasteiger partial charge on any atom is 0.252 e. The predicted octanol–water partition coefficient (Wildman–Crippen LogP) is 3.02. The molecule has 0 saturated carbocycles. The van der Waals surface area contributed by atoms with Crippen LogP contribution in [-0.4, -0.2) is 69.0 Å². The first kappa shape index (κ1) is 19.5. The van der Waals surface area contributed by atoms with Crippen LogP contribution >= 0.6 is 8.58 Å². The van der Waals surface area contributed by atoms with Gasteiger partial charge >= 0.3 is 0 Å². The zero-order chi connectivity index (χ0) is 21.0. The Bertz CT molecular complexity index is 1120. The first-order chi connectivity index (χ1) is 14.4. The smallest absolute Gasteiger partial charge is 0.252 e. The Labute approximate surface area is 177 Å². The van der Waals surface area contributed by atoms with Gasteiger partial charge in [0.2, 0.25) is 0 Å². The molecule has 0 N–H and O–H groups in total. The highest BCUT2D eigenvalue weighted by Gasteiger charge is 2.32. The number of aromatic nitrogens is 2. The first-order valence-corrected chi connectivity index (χ1v) is 11.2. The summed E-state index contributed by atoms with van der Waals surface area (Å²) in [5.41, 5.74) is 2.91. The van der Waals surface area contributed by atoms with Gasteiger partial charge in [-0.3, -0.25) is 4.79 Å². The molecule has 1 amide bonds. The van der Waals surface area contributed by atoms with Gasteiger partial charge in [-0.2, -0.15) is 0 Å². The molecular formula is C22H25FN5OP. The molecule has 0 aliphatic carbocycles. The van der Waals surface area contributed by atoms with Crippen LogP contribution < -0.4 is 0 Å². The lowest BCUT2D eigenvalue weighted by Gasteiger charge is -2.35. The van der Waals surface area contributed by atoms with E-state index < -0.39 is 0 Å². The molecule has 8 heteroatoms. The molecule has 156 valence electrons. The second kappa shape index (κ2) is 7.33. The van der Waals surface area contributed by atoms with Crippen molar-refractivity contribution in [2.24, 2.45) is 0 Å². The van der Waals surface area contributed by atoms with Crippen LogP contribution in [0.5, 0.6) is 0 Å². The Morgan fingerprint density at radius 2 is 2.13 bits per heavy atom.